The van der Waals surface area contributed by atoms with Crippen molar-refractivity contribution in [2.24, 2.45) is 5.92 Å². The van der Waals surface area contributed by atoms with Gasteiger partial charge in [0, 0.05) is 17.2 Å². The van der Waals surface area contributed by atoms with E-state index in [2.05, 4.69) is 12.2 Å². The van der Waals surface area contributed by atoms with Crippen LogP contribution in [0.1, 0.15) is 12.5 Å². The van der Waals surface area contributed by atoms with Crippen molar-refractivity contribution in [2.75, 3.05) is 11.9 Å². The van der Waals surface area contributed by atoms with Crippen molar-refractivity contribution in [2.45, 2.75) is 18.2 Å². The zero-order valence-corrected chi connectivity index (χ0v) is 9.90. The minimum Gasteiger partial charge on any atom is -0.383 e. The van der Waals surface area contributed by atoms with Gasteiger partial charge < -0.3 is 5.32 Å². The van der Waals surface area contributed by atoms with Crippen LogP contribution in [-0.4, -0.2) is 15.0 Å². The van der Waals surface area contributed by atoms with E-state index >= 15 is 0 Å². The molecule has 5 heteroatoms. The smallest absolute Gasteiger partial charge is 0.263 e. The van der Waals surface area contributed by atoms with Crippen molar-refractivity contribution in [1.29, 1.82) is 0 Å². The molecule has 0 saturated carbocycles. The largest absolute Gasteiger partial charge is 0.383 e. The summed E-state index contributed by atoms with van der Waals surface area (Å²) in [5, 5.41) is 3.12. The highest BCUT2D eigenvalue weighted by Crippen LogP contribution is 2.32. The van der Waals surface area contributed by atoms with Crippen molar-refractivity contribution < 1.29 is 8.42 Å². The zero-order chi connectivity index (χ0) is 11.1. The van der Waals surface area contributed by atoms with Gasteiger partial charge in [0.1, 0.15) is 4.90 Å². The van der Waals surface area contributed by atoms with Gasteiger partial charge in [0.25, 0.3) is 9.05 Å². The summed E-state index contributed by atoms with van der Waals surface area (Å²) < 4.78 is 22.6. The van der Waals surface area contributed by atoms with Crippen molar-refractivity contribution >= 4 is 25.4 Å². The molecule has 1 aromatic rings. The molecule has 0 bridgehead atoms. The number of para-hydroxylation sites is 1. The second kappa shape index (κ2) is 3.68. The lowest BCUT2D eigenvalue weighted by molar-refractivity contribution is 0.588. The highest BCUT2D eigenvalue weighted by atomic mass is 35.7. The van der Waals surface area contributed by atoms with Crippen LogP contribution in [-0.2, 0) is 15.5 Å². The monoisotopic (exact) mass is 245 g/mol. The summed E-state index contributed by atoms with van der Waals surface area (Å²) in [5.41, 5.74) is 1.70. The molecule has 15 heavy (non-hydrogen) atoms. The minimum absolute atomic E-state index is 0.188. The number of rotatable bonds is 1. The van der Waals surface area contributed by atoms with Gasteiger partial charge in [-0.3, -0.25) is 0 Å². The lowest BCUT2D eigenvalue weighted by Crippen LogP contribution is -2.22. The Balaban J connectivity index is 2.56. The summed E-state index contributed by atoms with van der Waals surface area (Å²) in [7, 11) is 1.71. The summed E-state index contributed by atoms with van der Waals surface area (Å²) in [6.07, 6.45) is 0.891. The van der Waals surface area contributed by atoms with Crippen LogP contribution < -0.4 is 5.32 Å². The topological polar surface area (TPSA) is 46.2 Å². The molecule has 0 aliphatic carbocycles. The van der Waals surface area contributed by atoms with Gasteiger partial charge in [0.15, 0.2) is 0 Å². The van der Waals surface area contributed by atoms with Gasteiger partial charge >= 0.3 is 0 Å². The average molecular weight is 246 g/mol. The predicted octanol–water partition coefficient (Wildman–Crippen LogP) is 2.22. The van der Waals surface area contributed by atoms with E-state index in [9.17, 15) is 8.42 Å². The van der Waals surface area contributed by atoms with E-state index in [0.29, 0.717) is 11.6 Å². The van der Waals surface area contributed by atoms with Gasteiger partial charge in [-0.2, -0.15) is 0 Å². The highest BCUT2D eigenvalue weighted by molar-refractivity contribution is 8.13. The second-order valence-corrected chi connectivity index (χ2v) is 6.45. The van der Waals surface area contributed by atoms with Crippen LogP contribution in [0.3, 0.4) is 0 Å². The Hall–Kier alpha value is -0.740. The number of nitrogens with one attached hydrogen (secondary N) is 1. The van der Waals surface area contributed by atoms with E-state index in [1.807, 2.05) is 6.07 Å². The van der Waals surface area contributed by atoms with Crippen LogP contribution in [0.25, 0.3) is 0 Å². The van der Waals surface area contributed by atoms with Crippen LogP contribution in [0.4, 0.5) is 5.69 Å². The molecule has 1 N–H and O–H groups in total. The quantitative estimate of drug-likeness (QED) is 0.772. The molecule has 0 aromatic heterocycles. The van der Waals surface area contributed by atoms with E-state index in [-0.39, 0.29) is 4.90 Å². The first-order valence-corrected chi connectivity index (χ1v) is 7.10. The number of hydrogen-bond acceptors (Lipinski definition) is 3. The van der Waals surface area contributed by atoms with Crippen molar-refractivity contribution in [3.8, 4) is 0 Å². The molecule has 0 saturated heterocycles. The maximum Gasteiger partial charge on any atom is 0.263 e. The predicted molar refractivity (Wildman–Crippen MR) is 60.8 cm³/mol. The van der Waals surface area contributed by atoms with Crippen molar-refractivity contribution in [3.63, 3.8) is 0 Å². The van der Waals surface area contributed by atoms with E-state index < -0.39 is 9.05 Å². The molecular formula is C10H12ClNO2S. The minimum atomic E-state index is -3.65. The van der Waals surface area contributed by atoms with E-state index in [1.165, 1.54) is 6.07 Å². The first-order valence-electron chi connectivity index (χ1n) is 4.79. The maximum absolute atomic E-state index is 11.3. The zero-order valence-electron chi connectivity index (χ0n) is 8.33. The Morgan fingerprint density at radius 2 is 2.20 bits per heavy atom. The fraction of sp³-hybridized carbons (Fsp3) is 0.400. The van der Waals surface area contributed by atoms with Crippen LogP contribution in [0.5, 0.6) is 0 Å². The normalized spacial score (nSPS) is 20.5. The standard InChI is InChI=1S/C10H12ClNO2S/c1-7-5-8-3-2-4-9(15(11,13)14)10(8)12-6-7/h2-4,7,12H,5-6H2,1H3/t7-/m0/s1. The van der Waals surface area contributed by atoms with Crippen LogP contribution in [0.2, 0.25) is 0 Å². The van der Waals surface area contributed by atoms with Gasteiger partial charge in [-0.25, -0.2) is 8.42 Å². The Morgan fingerprint density at radius 3 is 2.87 bits per heavy atom. The summed E-state index contributed by atoms with van der Waals surface area (Å²) >= 11 is 0. The molecule has 1 aliphatic rings. The van der Waals surface area contributed by atoms with Crippen LogP contribution >= 0.6 is 10.7 Å². The molecule has 3 nitrogen and oxygen atoms in total. The third kappa shape index (κ3) is 2.11. The number of anilines is 1. The molecule has 0 spiro atoms. The fourth-order valence-corrected chi connectivity index (χ4v) is 2.95. The van der Waals surface area contributed by atoms with E-state index in [4.69, 9.17) is 10.7 Å². The highest BCUT2D eigenvalue weighted by Gasteiger charge is 2.22. The molecule has 0 amide bonds. The fourth-order valence-electron chi connectivity index (χ4n) is 1.87. The Bertz CT molecular complexity index is 484. The summed E-state index contributed by atoms with van der Waals surface area (Å²) in [6.45, 7) is 2.91. The average Bonchev–Trinajstić information content (AvgIpc) is 2.15. The van der Waals surface area contributed by atoms with Gasteiger partial charge in [-0.05, 0) is 24.0 Å². The van der Waals surface area contributed by atoms with Gasteiger partial charge in [-0.15, -0.1) is 0 Å². The van der Waals surface area contributed by atoms with Gasteiger partial charge in [0.05, 0.1) is 5.69 Å². The number of benzene rings is 1. The van der Waals surface area contributed by atoms with Gasteiger partial charge in [0.2, 0.25) is 0 Å². The number of halogens is 1. The molecule has 0 radical (unpaired) electrons. The lowest BCUT2D eigenvalue weighted by Gasteiger charge is -2.24. The third-order valence-corrected chi connectivity index (χ3v) is 3.94. The van der Waals surface area contributed by atoms with Crippen LogP contribution in [0.15, 0.2) is 23.1 Å². The Kier molecular flexibility index (Phi) is 2.64. The summed E-state index contributed by atoms with van der Waals surface area (Å²) in [6, 6.07) is 5.20. The molecule has 1 atom stereocenters. The van der Waals surface area contributed by atoms with E-state index in [1.54, 1.807) is 6.07 Å². The Morgan fingerprint density at radius 1 is 1.47 bits per heavy atom. The first kappa shape index (κ1) is 10.8. The SMILES string of the molecule is C[C@@H]1CNc2c(cccc2S(=O)(=O)Cl)C1. The molecule has 0 unspecified atom stereocenters. The molecular weight excluding hydrogens is 234 g/mol. The molecule has 1 aliphatic heterocycles. The lowest BCUT2D eigenvalue weighted by atomic mass is 9.96. The molecule has 2 rings (SSSR count). The Labute approximate surface area is 93.9 Å². The van der Waals surface area contributed by atoms with Crippen LogP contribution in [0, 0.1) is 5.92 Å². The van der Waals surface area contributed by atoms with Gasteiger partial charge in [-0.1, -0.05) is 19.1 Å². The summed E-state index contributed by atoms with van der Waals surface area (Å²) in [4.78, 5) is 0.188. The maximum atomic E-state index is 11.3. The van der Waals surface area contributed by atoms with Crippen molar-refractivity contribution in [1.82, 2.24) is 0 Å². The number of hydrogen-bond donors (Lipinski definition) is 1. The summed E-state index contributed by atoms with van der Waals surface area (Å²) in [5.74, 6) is 0.519. The molecule has 1 aromatic carbocycles. The molecule has 82 valence electrons. The molecule has 0 fully saturated rings. The third-order valence-electron chi connectivity index (χ3n) is 2.57. The van der Waals surface area contributed by atoms with Crippen molar-refractivity contribution in [3.05, 3.63) is 23.8 Å². The second-order valence-electron chi connectivity index (χ2n) is 3.92. The molecule has 1 heterocycles. The first-order chi connectivity index (χ1) is 6.98. The number of fused-ring (bicyclic) bond motifs is 1. The van der Waals surface area contributed by atoms with E-state index in [0.717, 1.165) is 18.5 Å².